The van der Waals surface area contributed by atoms with Crippen LogP contribution in [0.3, 0.4) is 0 Å². The molecule has 19 heteroatoms. The molecule has 0 radical (unpaired) electrons. The van der Waals surface area contributed by atoms with Gasteiger partial charge in [0.25, 0.3) is 0 Å². The molecule has 0 spiro atoms. The first-order valence-electron chi connectivity index (χ1n) is 21.5. The van der Waals surface area contributed by atoms with Gasteiger partial charge in [-0.2, -0.15) is 5.10 Å². The van der Waals surface area contributed by atoms with Crippen LogP contribution in [0, 0.1) is 0 Å². The Kier molecular flexibility index (Phi) is 12.3. The van der Waals surface area contributed by atoms with Crippen molar-refractivity contribution in [2.75, 3.05) is 87.8 Å². The lowest BCUT2D eigenvalue weighted by Crippen LogP contribution is -2.54. The number of amides is 3. The van der Waals surface area contributed by atoms with Gasteiger partial charge in [0.15, 0.2) is 12.4 Å². The second-order valence-corrected chi connectivity index (χ2v) is 16.4. The average Bonchev–Trinajstić information content (AvgIpc) is 3.79. The van der Waals surface area contributed by atoms with Gasteiger partial charge in [-0.3, -0.25) is 34.3 Å². The summed E-state index contributed by atoms with van der Waals surface area (Å²) in [4.78, 5) is 71.3. The van der Waals surface area contributed by atoms with E-state index in [2.05, 4.69) is 36.5 Å². The number of benzene rings is 2. The molecule has 0 bridgehead atoms. The van der Waals surface area contributed by atoms with Crippen molar-refractivity contribution in [3.8, 4) is 28.4 Å². The van der Waals surface area contributed by atoms with Gasteiger partial charge in [0.2, 0.25) is 17.7 Å². The minimum absolute atomic E-state index is 0.0222. The number of carbonyl (C=O) groups is 5. The number of piperazine rings is 1. The summed E-state index contributed by atoms with van der Waals surface area (Å²) in [6, 6.07) is 14.5. The molecule has 1 unspecified atom stereocenters. The van der Waals surface area contributed by atoms with E-state index in [-0.39, 0.29) is 48.4 Å². The standard InChI is InChI=1S/C44H50N10O9/c45-43-36(22-33(48-49-43)32-4-1-2-7-37(32)63-41(58)27-62-40(57)26-50-16-19-60-20-17-50)54-24-30(23-46-54)52-15-14-51(25-39(52)56)29-10-8-28(9-11-29)31-5-3-6-34-42(31)61-21-18-53(34)35-12-13-38(55)47-44(35)59/h1-7,22-24,28-29,35H,8-21,25-27H2,(H2,45,49)(H,47,55,59). The van der Waals surface area contributed by atoms with Gasteiger partial charge in [0.05, 0.1) is 62.3 Å². The Bertz CT molecular complexity index is 2380. The molecule has 5 aliphatic rings. The van der Waals surface area contributed by atoms with E-state index in [9.17, 15) is 24.0 Å². The second-order valence-electron chi connectivity index (χ2n) is 16.4. The molecule has 4 aromatic rings. The van der Waals surface area contributed by atoms with Crippen molar-refractivity contribution in [3.63, 3.8) is 0 Å². The number of fused-ring (bicyclic) bond motifs is 1. The zero-order valence-electron chi connectivity index (χ0n) is 34.9. The molecule has 3 amide bonds. The number of ether oxygens (including phenoxy) is 4. The summed E-state index contributed by atoms with van der Waals surface area (Å²) in [7, 11) is 0. The highest BCUT2D eigenvalue weighted by atomic mass is 16.6. The lowest BCUT2D eigenvalue weighted by molar-refractivity contribution is -0.155. The van der Waals surface area contributed by atoms with E-state index in [4.69, 9.17) is 24.7 Å². The number of nitrogens with two attached hydrogens (primary N) is 1. The summed E-state index contributed by atoms with van der Waals surface area (Å²) in [5.74, 6) is -0.347. The van der Waals surface area contributed by atoms with Crippen molar-refractivity contribution in [2.45, 2.75) is 56.5 Å². The van der Waals surface area contributed by atoms with E-state index in [0.29, 0.717) is 93.9 Å². The minimum Gasteiger partial charge on any atom is -0.489 e. The van der Waals surface area contributed by atoms with Crippen molar-refractivity contribution in [1.82, 2.24) is 35.1 Å². The second kappa shape index (κ2) is 18.5. The smallest absolute Gasteiger partial charge is 0.349 e. The number of rotatable bonds is 11. The molecule has 3 N–H and O–H groups in total. The van der Waals surface area contributed by atoms with Crippen LogP contribution in [0.4, 0.5) is 17.2 Å². The first-order valence-corrected chi connectivity index (χ1v) is 21.5. The summed E-state index contributed by atoms with van der Waals surface area (Å²) >= 11 is 0. The number of piperidine rings is 1. The molecule has 330 valence electrons. The van der Waals surface area contributed by atoms with Crippen LogP contribution in [-0.4, -0.2) is 144 Å². The number of aromatic nitrogens is 4. The van der Waals surface area contributed by atoms with Crippen molar-refractivity contribution in [1.29, 1.82) is 0 Å². The van der Waals surface area contributed by atoms with Crippen LogP contribution in [-0.2, 0) is 33.4 Å². The fourth-order valence-electron chi connectivity index (χ4n) is 9.28. The largest absolute Gasteiger partial charge is 0.489 e. The van der Waals surface area contributed by atoms with E-state index in [1.807, 2.05) is 17.0 Å². The number of nitrogens with zero attached hydrogens (tertiary/aromatic N) is 8. The Morgan fingerprint density at radius 1 is 0.873 bits per heavy atom. The number of nitrogen functional groups attached to an aromatic ring is 1. The van der Waals surface area contributed by atoms with Gasteiger partial charge in [-0.05, 0) is 67.9 Å². The van der Waals surface area contributed by atoms with Gasteiger partial charge in [-0.15, -0.1) is 10.2 Å². The monoisotopic (exact) mass is 862 g/mol. The van der Waals surface area contributed by atoms with Gasteiger partial charge in [-0.25, -0.2) is 9.48 Å². The molecule has 6 heterocycles. The van der Waals surface area contributed by atoms with Crippen molar-refractivity contribution >= 4 is 46.9 Å². The number of hydrogen-bond acceptors (Lipinski definition) is 16. The molecule has 19 nitrogen and oxygen atoms in total. The third kappa shape index (κ3) is 9.21. The number of anilines is 3. The summed E-state index contributed by atoms with van der Waals surface area (Å²) in [5, 5.41) is 15.4. The number of esters is 2. The van der Waals surface area contributed by atoms with E-state index in [0.717, 1.165) is 42.7 Å². The predicted octanol–water partition coefficient (Wildman–Crippen LogP) is 2.07. The quantitative estimate of drug-likeness (QED) is 0.125. The molecular formula is C44H50N10O9. The fourth-order valence-corrected chi connectivity index (χ4v) is 9.28. The summed E-state index contributed by atoms with van der Waals surface area (Å²) < 4.78 is 23.9. The van der Waals surface area contributed by atoms with Crippen molar-refractivity contribution < 1.29 is 42.9 Å². The Morgan fingerprint density at radius 2 is 1.70 bits per heavy atom. The predicted molar refractivity (Wildman–Crippen MR) is 227 cm³/mol. The summed E-state index contributed by atoms with van der Waals surface area (Å²) in [6.07, 6.45) is 7.96. The Morgan fingerprint density at radius 3 is 2.51 bits per heavy atom. The van der Waals surface area contributed by atoms with E-state index < -0.39 is 24.6 Å². The van der Waals surface area contributed by atoms with Crippen LogP contribution >= 0.6 is 0 Å². The van der Waals surface area contributed by atoms with Gasteiger partial charge < -0.3 is 34.5 Å². The van der Waals surface area contributed by atoms with Crippen LogP contribution in [0.1, 0.15) is 50.0 Å². The maximum Gasteiger partial charge on any atom is 0.349 e. The fraction of sp³-hybridized carbons (Fsp3) is 0.455. The molecule has 2 aromatic carbocycles. The molecule has 4 aliphatic heterocycles. The molecule has 4 fully saturated rings. The maximum atomic E-state index is 13.7. The first kappa shape index (κ1) is 41.9. The van der Waals surface area contributed by atoms with Gasteiger partial charge in [-0.1, -0.05) is 24.3 Å². The third-order valence-corrected chi connectivity index (χ3v) is 12.5. The number of hydrogen-bond donors (Lipinski definition) is 2. The first-order chi connectivity index (χ1) is 30.7. The molecule has 2 aromatic heterocycles. The zero-order chi connectivity index (χ0) is 43.5. The third-order valence-electron chi connectivity index (χ3n) is 12.5. The lowest BCUT2D eigenvalue weighted by Gasteiger charge is -2.42. The van der Waals surface area contributed by atoms with Gasteiger partial charge in [0.1, 0.15) is 29.8 Å². The molecular weight excluding hydrogens is 813 g/mol. The number of morpholine rings is 1. The SMILES string of the molecule is Nc1nnc(-c2ccccc2OC(=O)COC(=O)CN2CCOCC2)cc1-n1cc(N2CCN(C3CCC(c4cccc5c4OCCN5C4CCC(=O)NC4=O)CC3)CC2=O)cn1. The van der Waals surface area contributed by atoms with Crippen LogP contribution in [0.25, 0.3) is 16.9 Å². The summed E-state index contributed by atoms with van der Waals surface area (Å²) in [5.41, 5.74) is 10.2. The van der Waals surface area contributed by atoms with E-state index in [1.165, 1.54) is 0 Å². The van der Waals surface area contributed by atoms with Crippen LogP contribution in [0.15, 0.2) is 60.9 Å². The topological polar surface area (TPSA) is 217 Å². The molecule has 1 atom stereocenters. The molecule has 1 saturated carbocycles. The molecule has 63 heavy (non-hydrogen) atoms. The lowest BCUT2D eigenvalue weighted by atomic mass is 9.80. The van der Waals surface area contributed by atoms with E-state index >= 15 is 0 Å². The van der Waals surface area contributed by atoms with Crippen molar-refractivity contribution in [3.05, 3.63) is 66.5 Å². The highest BCUT2D eigenvalue weighted by Gasteiger charge is 2.38. The molecule has 9 rings (SSSR count). The minimum atomic E-state index is -0.752. The zero-order valence-corrected chi connectivity index (χ0v) is 34.9. The van der Waals surface area contributed by atoms with Crippen LogP contribution in [0.2, 0.25) is 0 Å². The number of imide groups is 1. The molecule has 1 aliphatic carbocycles. The molecule has 3 saturated heterocycles. The highest BCUT2D eigenvalue weighted by molar-refractivity contribution is 6.02. The van der Waals surface area contributed by atoms with Crippen molar-refractivity contribution in [2.24, 2.45) is 0 Å². The van der Waals surface area contributed by atoms with Crippen LogP contribution in [0.5, 0.6) is 11.5 Å². The van der Waals surface area contributed by atoms with Gasteiger partial charge in [0, 0.05) is 44.2 Å². The van der Waals surface area contributed by atoms with Gasteiger partial charge >= 0.3 is 11.9 Å². The highest BCUT2D eigenvalue weighted by Crippen LogP contribution is 2.45. The summed E-state index contributed by atoms with van der Waals surface area (Å²) in [6.45, 7) is 4.37. The number of carbonyl (C=O) groups excluding carboxylic acids is 5. The Balaban J connectivity index is 0.800. The van der Waals surface area contributed by atoms with E-state index in [1.54, 1.807) is 52.3 Å². The number of para-hydroxylation sites is 2. The number of nitrogens with one attached hydrogen (secondary N) is 1. The Hall–Kier alpha value is -6.44. The van der Waals surface area contributed by atoms with Crippen LogP contribution < -0.4 is 30.3 Å². The Labute approximate surface area is 363 Å². The normalized spacial score (nSPS) is 22.2. The average molecular weight is 863 g/mol. The maximum absolute atomic E-state index is 13.7.